The van der Waals surface area contributed by atoms with Gasteiger partial charge in [-0.2, -0.15) is 0 Å². The number of anilines is 3. The van der Waals surface area contributed by atoms with Crippen LogP contribution in [0.15, 0.2) is 91.1 Å². The van der Waals surface area contributed by atoms with Gasteiger partial charge < -0.3 is 10.2 Å². The minimum absolute atomic E-state index is 0.992. The standard InChI is InChI=1S/C24H26N2/c1-4-12-19(2)26(3)24-18-11-10-17-23(24)25-22-16-9-8-15-21(22)20-13-6-5-7-14-20/h5-11,13-18,25H,2,4,12H2,1,3H3. The maximum Gasteiger partial charge on any atom is 0.0644 e. The van der Waals surface area contributed by atoms with Crippen LogP contribution in [0, 0.1) is 0 Å². The van der Waals surface area contributed by atoms with Crippen LogP contribution in [0.5, 0.6) is 0 Å². The smallest absolute Gasteiger partial charge is 0.0644 e. The summed E-state index contributed by atoms with van der Waals surface area (Å²) in [5, 5.41) is 3.63. The van der Waals surface area contributed by atoms with E-state index in [-0.39, 0.29) is 0 Å². The second-order valence-corrected chi connectivity index (χ2v) is 6.43. The second-order valence-electron chi connectivity index (χ2n) is 6.43. The van der Waals surface area contributed by atoms with Gasteiger partial charge in [-0.15, -0.1) is 0 Å². The van der Waals surface area contributed by atoms with Gasteiger partial charge in [-0.05, 0) is 30.2 Å². The number of para-hydroxylation sites is 3. The van der Waals surface area contributed by atoms with E-state index in [1.807, 2.05) is 6.07 Å². The van der Waals surface area contributed by atoms with Crippen molar-refractivity contribution in [2.45, 2.75) is 19.8 Å². The molecule has 3 aromatic rings. The van der Waals surface area contributed by atoms with E-state index in [9.17, 15) is 0 Å². The molecular weight excluding hydrogens is 316 g/mol. The van der Waals surface area contributed by atoms with E-state index in [4.69, 9.17) is 0 Å². The zero-order chi connectivity index (χ0) is 18.4. The van der Waals surface area contributed by atoms with Crippen molar-refractivity contribution >= 4 is 17.1 Å². The fraction of sp³-hybridized carbons (Fsp3) is 0.167. The van der Waals surface area contributed by atoms with Gasteiger partial charge in [0.25, 0.3) is 0 Å². The van der Waals surface area contributed by atoms with E-state index in [1.165, 1.54) is 11.1 Å². The molecular formula is C24H26N2. The maximum atomic E-state index is 4.23. The van der Waals surface area contributed by atoms with Gasteiger partial charge in [0.2, 0.25) is 0 Å². The van der Waals surface area contributed by atoms with Gasteiger partial charge in [-0.25, -0.2) is 0 Å². The largest absolute Gasteiger partial charge is 0.353 e. The number of hydrogen-bond donors (Lipinski definition) is 1. The maximum absolute atomic E-state index is 4.23. The lowest BCUT2D eigenvalue weighted by molar-refractivity contribution is 0.865. The molecule has 26 heavy (non-hydrogen) atoms. The van der Waals surface area contributed by atoms with Gasteiger partial charge in [0.05, 0.1) is 11.4 Å². The van der Waals surface area contributed by atoms with Crippen LogP contribution in [0.1, 0.15) is 19.8 Å². The van der Waals surface area contributed by atoms with E-state index in [2.05, 4.69) is 104 Å². The first-order chi connectivity index (χ1) is 12.7. The van der Waals surface area contributed by atoms with Crippen molar-refractivity contribution in [3.63, 3.8) is 0 Å². The minimum atomic E-state index is 0.992. The van der Waals surface area contributed by atoms with Gasteiger partial charge >= 0.3 is 0 Å². The van der Waals surface area contributed by atoms with Crippen molar-refractivity contribution in [2.24, 2.45) is 0 Å². The van der Waals surface area contributed by atoms with E-state index < -0.39 is 0 Å². The summed E-state index contributed by atoms with van der Waals surface area (Å²) in [5.74, 6) is 0. The van der Waals surface area contributed by atoms with Crippen molar-refractivity contribution in [1.29, 1.82) is 0 Å². The molecule has 0 saturated carbocycles. The Morgan fingerprint density at radius 2 is 1.46 bits per heavy atom. The number of rotatable bonds is 7. The molecule has 0 fully saturated rings. The predicted molar refractivity (Wildman–Crippen MR) is 114 cm³/mol. The average molecular weight is 342 g/mol. The molecule has 0 bridgehead atoms. The van der Waals surface area contributed by atoms with Crippen LogP contribution in [0.4, 0.5) is 17.1 Å². The SMILES string of the molecule is C=C(CCC)N(C)c1ccccc1Nc1ccccc1-c1ccccc1. The monoisotopic (exact) mass is 342 g/mol. The Bertz CT molecular complexity index is 868. The molecule has 3 rings (SSSR count). The van der Waals surface area contributed by atoms with Crippen molar-refractivity contribution < 1.29 is 0 Å². The number of allylic oxidation sites excluding steroid dienone is 1. The molecule has 0 amide bonds. The number of nitrogens with zero attached hydrogens (tertiary/aromatic N) is 1. The summed E-state index contributed by atoms with van der Waals surface area (Å²) >= 11 is 0. The first-order valence-corrected chi connectivity index (χ1v) is 9.12. The molecule has 3 aromatic carbocycles. The lowest BCUT2D eigenvalue weighted by atomic mass is 10.0. The first-order valence-electron chi connectivity index (χ1n) is 9.12. The van der Waals surface area contributed by atoms with Crippen LogP contribution in [0.2, 0.25) is 0 Å². The van der Waals surface area contributed by atoms with E-state index in [0.29, 0.717) is 0 Å². The number of benzene rings is 3. The Morgan fingerprint density at radius 1 is 0.846 bits per heavy atom. The second kappa shape index (κ2) is 8.39. The minimum Gasteiger partial charge on any atom is -0.353 e. The molecule has 2 heteroatoms. The van der Waals surface area contributed by atoms with Crippen LogP contribution in [-0.4, -0.2) is 7.05 Å². The van der Waals surface area contributed by atoms with Gasteiger partial charge in [-0.1, -0.05) is 80.6 Å². The molecule has 0 saturated heterocycles. The predicted octanol–water partition coefficient (Wildman–Crippen LogP) is 6.85. The van der Waals surface area contributed by atoms with Gasteiger partial charge in [0, 0.05) is 24.0 Å². The molecule has 0 aliphatic heterocycles. The molecule has 0 aliphatic carbocycles. The number of hydrogen-bond acceptors (Lipinski definition) is 2. The average Bonchev–Trinajstić information content (AvgIpc) is 2.69. The summed E-state index contributed by atoms with van der Waals surface area (Å²) in [6.07, 6.45) is 2.08. The van der Waals surface area contributed by atoms with Crippen LogP contribution < -0.4 is 10.2 Å². The zero-order valence-electron chi connectivity index (χ0n) is 15.6. The number of nitrogens with one attached hydrogen (secondary N) is 1. The molecule has 0 aromatic heterocycles. The van der Waals surface area contributed by atoms with Crippen molar-refractivity contribution in [2.75, 3.05) is 17.3 Å². The van der Waals surface area contributed by atoms with Gasteiger partial charge in [0.1, 0.15) is 0 Å². The van der Waals surface area contributed by atoms with Crippen LogP contribution >= 0.6 is 0 Å². The molecule has 132 valence electrons. The van der Waals surface area contributed by atoms with Gasteiger partial charge in [0.15, 0.2) is 0 Å². The molecule has 1 N–H and O–H groups in total. The summed E-state index contributed by atoms with van der Waals surface area (Å²) in [4.78, 5) is 2.18. The highest BCUT2D eigenvalue weighted by atomic mass is 15.1. The van der Waals surface area contributed by atoms with E-state index in [1.54, 1.807) is 0 Å². The first kappa shape index (κ1) is 17.8. The fourth-order valence-electron chi connectivity index (χ4n) is 3.11. The summed E-state index contributed by atoms with van der Waals surface area (Å²) < 4.78 is 0. The Kier molecular flexibility index (Phi) is 5.75. The Balaban J connectivity index is 1.95. The Labute approximate surface area is 156 Å². The summed E-state index contributed by atoms with van der Waals surface area (Å²) in [5.41, 5.74) is 6.83. The molecule has 0 heterocycles. The molecule has 0 aliphatic rings. The van der Waals surface area contributed by atoms with E-state index >= 15 is 0 Å². The topological polar surface area (TPSA) is 15.3 Å². The normalized spacial score (nSPS) is 10.4. The van der Waals surface area contributed by atoms with E-state index in [0.717, 1.165) is 35.6 Å². The van der Waals surface area contributed by atoms with Crippen molar-refractivity contribution in [3.8, 4) is 11.1 Å². The molecule has 0 spiro atoms. The summed E-state index contributed by atoms with van der Waals surface area (Å²) in [7, 11) is 2.08. The molecule has 0 radical (unpaired) electrons. The molecule has 2 nitrogen and oxygen atoms in total. The lowest BCUT2D eigenvalue weighted by Crippen LogP contribution is -2.16. The quantitative estimate of drug-likeness (QED) is 0.505. The molecule has 0 atom stereocenters. The fourth-order valence-corrected chi connectivity index (χ4v) is 3.11. The third kappa shape index (κ3) is 3.97. The lowest BCUT2D eigenvalue weighted by Gasteiger charge is -2.25. The highest BCUT2D eigenvalue weighted by molar-refractivity contribution is 5.84. The Morgan fingerprint density at radius 3 is 2.19 bits per heavy atom. The van der Waals surface area contributed by atoms with Crippen molar-refractivity contribution in [3.05, 3.63) is 91.1 Å². The van der Waals surface area contributed by atoms with Crippen LogP contribution in [0.3, 0.4) is 0 Å². The third-order valence-electron chi connectivity index (χ3n) is 4.56. The van der Waals surface area contributed by atoms with Crippen LogP contribution in [0.25, 0.3) is 11.1 Å². The van der Waals surface area contributed by atoms with Gasteiger partial charge in [-0.3, -0.25) is 0 Å². The van der Waals surface area contributed by atoms with Crippen molar-refractivity contribution in [1.82, 2.24) is 0 Å². The summed E-state index contributed by atoms with van der Waals surface area (Å²) in [6.45, 7) is 6.41. The zero-order valence-corrected chi connectivity index (χ0v) is 15.6. The molecule has 0 unspecified atom stereocenters. The highest BCUT2D eigenvalue weighted by Crippen LogP contribution is 2.34. The third-order valence-corrected chi connectivity index (χ3v) is 4.56. The summed E-state index contributed by atoms with van der Waals surface area (Å²) in [6, 6.07) is 27.3. The Hall–Kier alpha value is -3.00. The van der Waals surface area contributed by atoms with Crippen LogP contribution in [-0.2, 0) is 0 Å². The highest BCUT2D eigenvalue weighted by Gasteiger charge is 2.11.